The summed E-state index contributed by atoms with van der Waals surface area (Å²) < 4.78 is 13.4. The lowest BCUT2D eigenvalue weighted by atomic mass is 9.53. The van der Waals surface area contributed by atoms with Crippen molar-refractivity contribution in [2.45, 2.75) is 87.5 Å². The van der Waals surface area contributed by atoms with Crippen molar-refractivity contribution in [2.75, 3.05) is 5.75 Å². The van der Waals surface area contributed by atoms with E-state index in [1.807, 2.05) is 54.6 Å². The van der Waals surface area contributed by atoms with Crippen LogP contribution in [0.4, 0.5) is 4.79 Å². The molecule has 0 spiro atoms. The Bertz CT molecular complexity index is 1900. The minimum atomic E-state index is -0.943. The molecular formula is C44H48N2O6S. The summed E-state index contributed by atoms with van der Waals surface area (Å²) in [4.78, 5) is 25.5. The molecule has 53 heavy (non-hydrogen) atoms. The second-order valence-corrected chi connectivity index (χ2v) is 16.9. The minimum absolute atomic E-state index is 0.0181. The highest BCUT2D eigenvalue weighted by Gasteiger charge is 2.51. The molecule has 1 aliphatic heterocycles. The number of carbonyl (C=O) groups excluding carboxylic acids is 1. The average Bonchev–Trinajstić information content (AvgIpc) is 3.16. The van der Waals surface area contributed by atoms with Crippen LogP contribution in [0.1, 0.15) is 90.5 Å². The number of thioether (sulfide) groups is 1. The Kier molecular flexibility index (Phi) is 10.4. The second-order valence-electron chi connectivity index (χ2n) is 15.8. The summed E-state index contributed by atoms with van der Waals surface area (Å²) in [5.74, 6) is 2.07. The topological polar surface area (TPSA) is 117 Å². The number of carboxylic acids is 1. The Morgan fingerprint density at radius 1 is 0.792 bits per heavy atom. The van der Waals surface area contributed by atoms with E-state index in [9.17, 15) is 19.8 Å². The zero-order chi connectivity index (χ0) is 36.5. The molecule has 4 aliphatic carbocycles. The van der Waals surface area contributed by atoms with Crippen molar-refractivity contribution in [3.05, 3.63) is 125 Å². The van der Waals surface area contributed by atoms with Gasteiger partial charge in [0.2, 0.25) is 0 Å². The van der Waals surface area contributed by atoms with Gasteiger partial charge in [0.05, 0.1) is 24.4 Å². The number of hydrogen-bond acceptors (Lipinski definition) is 6. The normalized spacial score (nSPS) is 28.8. The molecule has 5 fully saturated rings. The summed E-state index contributed by atoms with van der Waals surface area (Å²) in [6.07, 6.45) is 6.40. The molecule has 1 saturated heterocycles. The first-order valence-corrected chi connectivity index (χ1v) is 19.9. The number of aliphatic hydroxyl groups excluding tert-OH is 1. The maximum absolute atomic E-state index is 13.2. The molecule has 4 saturated carbocycles. The highest BCUT2D eigenvalue weighted by molar-refractivity contribution is 7.99. The lowest BCUT2D eigenvalue weighted by Gasteiger charge is -2.56. The molecule has 4 aromatic rings. The summed E-state index contributed by atoms with van der Waals surface area (Å²) in [6, 6.07) is 31.3. The van der Waals surface area contributed by atoms with Crippen LogP contribution in [0.25, 0.3) is 11.1 Å². The molecule has 9 heteroatoms. The first-order valence-electron chi connectivity index (χ1n) is 18.9. The van der Waals surface area contributed by atoms with Crippen molar-refractivity contribution in [1.29, 1.82) is 0 Å². The number of rotatable bonds is 11. The average molecular weight is 733 g/mol. The van der Waals surface area contributed by atoms with Crippen molar-refractivity contribution in [3.8, 4) is 11.1 Å². The molecule has 4 atom stereocenters. The number of hydrogen-bond donors (Lipinski definition) is 4. The predicted octanol–water partition coefficient (Wildman–Crippen LogP) is 8.90. The molecule has 4 N–H and O–H groups in total. The number of aliphatic hydroxyl groups is 1. The van der Waals surface area contributed by atoms with E-state index in [4.69, 9.17) is 9.47 Å². The fourth-order valence-corrected chi connectivity index (χ4v) is 10.7. The molecule has 0 aromatic heterocycles. The SMILES string of the molecule is C[C@H]1[C@@H](CSc2ccc(C(=O)O)cc2)O[C@@H](c2cccc(-c3cccc(CNC(=O)NC45CC6CC(CC(C6)C4)C5)c3)c2)O[C@H]1c1ccc(CO)cc1. The molecule has 1 heterocycles. The highest BCUT2D eigenvalue weighted by Crippen LogP contribution is 2.55. The van der Waals surface area contributed by atoms with Crippen molar-refractivity contribution in [1.82, 2.24) is 10.6 Å². The molecular weight excluding hydrogens is 685 g/mol. The maximum Gasteiger partial charge on any atom is 0.335 e. The molecule has 4 aromatic carbocycles. The zero-order valence-corrected chi connectivity index (χ0v) is 30.9. The van der Waals surface area contributed by atoms with Gasteiger partial charge in [0.15, 0.2) is 6.29 Å². The number of carbonyl (C=O) groups is 2. The Labute approximate surface area is 315 Å². The van der Waals surface area contributed by atoms with E-state index in [1.165, 1.54) is 19.3 Å². The van der Waals surface area contributed by atoms with Gasteiger partial charge < -0.3 is 30.3 Å². The number of nitrogens with one attached hydrogen (secondary N) is 2. The number of ether oxygens (including phenoxy) is 2. The lowest BCUT2D eigenvalue weighted by Crippen LogP contribution is -2.61. The van der Waals surface area contributed by atoms with E-state index in [2.05, 4.69) is 47.9 Å². The smallest absolute Gasteiger partial charge is 0.335 e. The van der Waals surface area contributed by atoms with Gasteiger partial charge in [-0.25, -0.2) is 9.59 Å². The maximum atomic E-state index is 13.2. The Balaban J connectivity index is 0.965. The van der Waals surface area contributed by atoms with Crippen LogP contribution in [0.2, 0.25) is 0 Å². The van der Waals surface area contributed by atoms with E-state index in [-0.39, 0.29) is 41.9 Å². The third kappa shape index (κ3) is 8.04. The van der Waals surface area contributed by atoms with Crippen molar-refractivity contribution in [2.24, 2.45) is 23.7 Å². The van der Waals surface area contributed by atoms with Crippen LogP contribution < -0.4 is 10.6 Å². The van der Waals surface area contributed by atoms with E-state index in [0.29, 0.717) is 12.3 Å². The van der Waals surface area contributed by atoms with Gasteiger partial charge >= 0.3 is 12.0 Å². The number of amides is 2. The standard InChI is InChI=1S/C44H48N2O6S/c1-27-39(26-53-38-14-12-34(13-15-38)41(48)49)51-42(52-40(27)33-10-8-28(25-47)9-11-33)37-7-3-6-36(20-37)35-5-2-4-29(19-35)24-45-43(50)46-44-21-30-16-31(22-44)18-32(17-30)23-44/h2-15,19-20,27,30-32,39-40,42,47H,16-18,21-26H2,1H3,(H,48,49)(H2,45,46,50)/t27-,30?,31?,32?,39+,40+,42+,44?/m0/s1. The van der Waals surface area contributed by atoms with Crippen molar-refractivity contribution >= 4 is 23.8 Å². The van der Waals surface area contributed by atoms with Gasteiger partial charge in [-0.15, -0.1) is 11.8 Å². The predicted molar refractivity (Wildman–Crippen MR) is 205 cm³/mol. The molecule has 9 rings (SSSR count). The van der Waals surface area contributed by atoms with E-state index < -0.39 is 12.3 Å². The summed E-state index contributed by atoms with van der Waals surface area (Å²) in [5.41, 5.74) is 6.12. The number of urea groups is 1. The zero-order valence-electron chi connectivity index (χ0n) is 30.1. The second kappa shape index (κ2) is 15.3. The van der Waals surface area contributed by atoms with Crippen LogP contribution in [0.5, 0.6) is 0 Å². The van der Waals surface area contributed by atoms with E-state index in [0.717, 1.165) is 75.3 Å². The van der Waals surface area contributed by atoms with Crippen LogP contribution in [0, 0.1) is 23.7 Å². The summed E-state index contributed by atoms with van der Waals surface area (Å²) in [5, 5.41) is 25.5. The number of benzene rings is 4. The van der Waals surface area contributed by atoms with Crippen LogP contribution in [0.15, 0.2) is 102 Å². The molecule has 8 nitrogen and oxygen atoms in total. The van der Waals surface area contributed by atoms with Crippen LogP contribution >= 0.6 is 11.8 Å². The van der Waals surface area contributed by atoms with Crippen LogP contribution in [0.3, 0.4) is 0 Å². The lowest BCUT2D eigenvalue weighted by molar-refractivity contribution is -0.268. The van der Waals surface area contributed by atoms with Crippen LogP contribution in [-0.2, 0) is 22.6 Å². The van der Waals surface area contributed by atoms with E-state index >= 15 is 0 Å². The molecule has 2 amide bonds. The molecule has 276 valence electrons. The fraction of sp³-hybridized carbons (Fsp3) is 0.409. The highest BCUT2D eigenvalue weighted by atomic mass is 32.2. The van der Waals surface area contributed by atoms with Crippen molar-refractivity contribution in [3.63, 3.8) is 0 Å². The van der Waals surface area contributed by atoms with Crippen LogP contribution in [-0.4, -0.2) is 39.6 Å². The third-order valence-electron chi connectivity index (χ3n) is 11.9. The van der Waals surface area contributed by atoms with Gasteiger partial charge in [0.25, 0.3) is 0 Å². The Morgan fingerprint density at radius 3 is 2.11 bits per heavy atom. The Morgan fingerprint density at radius 2 is 1.45 bits per heavy atom. The fourth-order valence-electron chi connectivity index (χ4n) is 9.64. The van der Waals surface area contributed by atoms with E-state index in [1.54, 1.807) is 23.9 Å². The molecule has 0 radical (unpaired) electrons. The molecule has 5 aliphatic rings. The summed E-state index contributed by atoms with van der Waals surface area (Å²) in [6.45, 7) is 2.57. The minimum Gasteiger partial charge on any atom is -0.478 e. The first kappa shape index (κ1) is 35.9. The summed E-state index contributed by atoms with van der Waals surface area (Å²) in [7, 11) is 0. The largest absolute Gasteiger partial charge is 0.478 e. The van der Waals surface area contributed by atoms with Crippen molar-refractivity contribution < 1.29 is 29.3 Å². The Hall–Kier alpha value is -4.15. The quantitative estimate of drug-likeness (QED) is 0.114. The van der Waals surface area contributed by atoms with Gasteiger partial charge in [0.1, 0.15) is 0 Å². The monoisotopic (exact) mass is 732 g/mol. The van der Waals surface area contributed by atoms with Gasteiger partial charge in [0, 0.05) is 34.2 Å². The van der Waals surface area contributed by atoms with Gasteiger partial charge in [-0.05, 0) is 120 Å². The summed E-state index contributed by atoms with van der Waals surface area (Å²) >= 11 is 1.63. The molecule has 4 bridgehead atoms. The third-order valence-corrected chi connectivity index (χ3v) is 13.0. The van der Waals surface area contributed by atoms with Gasteiger partial charge in [-0.2, -0.15) is 0 Å². The van der Waals surface area contributed by atoms with Gasteiger partial charge in [-0.1, -0.05) is 67.6 Å². The van der Waals surface area contributed by atoms with Gasteiger partial charge in [-0.3, -0.25) is 0 Å². The molecule has 0 unspecified atom stereocenters. The first-order chi connectivity index (χ1) is 25.7. The number of carboxylic acid groups (broad SMARTS) is 1. The number of aromatic carboxylic acids is 1.